The summed E-state index contributed by atoms with van der Waals surface area (Å²) in [4.78, 5) is 2.37. The Bertz CT molecular complexity index is 396. The van der Waals surface area contributed by atoms with Crippen molar-refractivity contribution in [2.75, 3.05) is 0 Å². The molecule has 1 heterocycles. The Hall–Kier alpha value is -0.370. The van der Waals surface area contributed by atoms with E-state index < -0.39 is 0 Å². The van der Waals surface area contributed by atoms with Crippen LogP contribution in [-0.2, 0) is 0 Å². The molecule has 1 aliphatic carbocycles. The van der Waals surface area contributed by atoms with Crippen molar-refractivity contribution in [1.82, 2.24) is 5.32 Å². The van der Waals surface area contributed by atoms with Crippen LogP contribution in [-0.4, -0.2) is 6.04 Å². The molecule has 1 saturated carbocycles. The predicted molar refractivity (Wildman–Crippen MR) is 75.1 cm³/mol. The molecule has 4 heteroatoms. The van der Waals surface area contributed by atoms with Gasteiger partial charge in [-0.15, -0.1) is 11.3 Å². The summed E-state index contributed by atoms with van der Waals surface area (Å²) < 4.78 is 1.11. The number of halogens is 1. The molecular formula is C13H17BrN2S. The molecule has 1 N–H and O–H groups in total. The monoisotopic (exact) mass is 312 g/mol. The van der Waals surface area contributed by atoms with E-state index in [1.165, 1.54) is 37.0 Å². The third kappa shape index (κ3) is 3.31. The van der Waals surface area contributed by atoms with Crippen LogP contribution in [0.25, 0.3) is 0 Å². The van der Waals surface area contributed by atoms with Crippen molar-refractivity contribution in [2.45, 2.75) is 51.1 Å². The van der Waals surface area contributed by atoms with E-state index in [-0.39, 0.29) is 6.04 Å². The summed E-state index contributed by atoms with van der Waals surface area (Å²) in [5, 5.41) is 12.8. The Morgan fingerprint density at radius 3 is 2.71 bits per heavy atom. The number of hydrogen-bond donors (Lipinski definition) is 1. The second-order valence-corrected chi connectivity index (χ2v) is 6.76. The fourth-order valence-electron chi connectivity index (χ4n) is 2.31. The molecule has 1 aromatic heterocycles. The van der Waals surface area contributed by atoms with E-state index >= 15 is 0 Å². The largest absolute Gasteiger partial charge is 0.295 e. The van der Waals surface area contributed by atoms with Crippen LogP contribution in [0, 0.1) is 18.3 Å². The Morgan fingerprint density at radius 2 is 2.18 bits per heavy atom. The number of rotatable bonds is 3. The average molecular weight is 313 g/mol. The first-order valence-electron chi connectivity index (χ1n) is 6.12. The molecular weight excluding hydrogens is 296 g/mol. The zero-order valence-corrected chi connectivity index (χ0v) is 12.4. The zero-order chi connectivity index (χ0) is 12.3. The van der Waals surface area contributed by atoms with Gasteiger partial charge in [-0.2, -0.15) is 5.26 Å². The Balaban J connectivity index is 2.03. The fourth-order valence-corrected chi connectivity index (χ4v) is 3.88. The topological polar surface area (TPSA) is 35.8 Å². The maximum atomic E-state index is 9.29. The van der Waals surface area contributed by atoms with Crippen LogP contribution < -0.4 is 5.32 Å². The van der Waals surface area contributed by atoms with Crippen molar-refractivity contribution in [3.63, 3.8) is 0 Å². The van der Waals surface area contributed by atoms with Gasteiger partial charge in [-0.1, -0.05) is 19.3 Å². The van der Waals surface area contributed by atoms with Gasteiger partial charge in [0.05, 0.1) is 6.07 Å². The maximum absolute atomic E-state index is 9.29. The molecule has 1 fully saturated rings. The highest BCUT2D eigenvalue weighted by atomic mass is 79.9. The van der Waals surface area contributed by atoms with Gasteiger partial charge in [0.15, 0.2) is 0 Å². The quantitative estimate of drug-likeness (QED) is 0.903. The summed E-state index contributed by atoms with van der Waals surface area (Å²) in [6, 6.07) is 4.84. The van der Waals surface area contributed by atoms with Crippen LogP contribution in [0.4, 0.5) is 0 Å². The van der Waals surface area contributed by atoms with Crippen LogP contribution in [0.5, 0.6) is 0 Å². The van der Waals surface area contributed by atoms with Crippen LogP contribution in [0.3, 0.4) is 0 Å². The van der Waals surface area contributed by atoms with Gasteiger partial charge >= 0.3 is 0 Å². The molecule has 2 rings (SSSR count). The molecule has 0 saturated heterocycles. The van der Waals surface area contributed by atoms with E-state index in [1.807, 2.05) is 0 Å². The minimum absolute atomic E-state index is 0.145. The second-order valence-electron chi connectivity index (χ2n) is 4.62. The highest BCUT2D eigenvalue weighted by Crippen LogP contribution is 2.31. The Kier molecular flexibility index (Phi) is 4.61. The Labute approximate surface area is 115 Å². The van der Waals surface area contributed by atoms with Crippen LogP contribution >= 0.6 is 27.3 Å². The number of aryl methyl sites for hydroxylation is 1. The summed E-state index contributed by atoms with van der Waals surface area (Å²) >= 11 is 5.22. The normalized spacial score (nSPS) is 18.9. The molecule has 0 amide bonds. The third-order valence-electron chi connectivity index (χ3n) is 3.30. The maximum Gasteiger partial charge on any atom is 0.130 e. The average Bonchev–Trinajstić information content (AvgIpc) is 2.68. The van der Waals surface area contributed by atoms with Gasteiger partial charge in [0.25, 0.3) is 0 Å². The molecule has 0 aliphatic heterocycles. The molecule has 17 heavy (non-hydrogen) atoms. The van der Waals surface area contributed by atoms with E-state index in [0.29, 0.717) is 6.04 Å². The summed E-state index contributed by atoms with van der Waals surface area (Å²) in [6.07, 6.45) is 6.36. The molecule has 92 valence electrons. The number of nitrogens with one attached hydrogen (secondary N) is 1. The van der Waals surface area contributed by atoms with Crippen LogP contribution in [0.1, 0.15) is 47.9 Å². The van der Waals surface area contributed by atoms with Gasteiger partial charge in [0.2, 0.25) is 0 Å². The number of nitriles is 1. The molecule has 0 spiro atoms. The number of nitrogens with zero attached hydrogens (tertiary/aromatic N) is 1. The van der Waals surface area contributed by atoms with E-state index in [9.17, 15) is 5.26 Å². The zero-order valence-electron chi connectivity index (χ0n) is 10.0. The van der Waals surface area contributed by atoms with Crippen LogP contribution in [0.2, 0.25) is 0 Å². The molecule has 1 aliphatic rings. The molecule has 0 radical (unpaired) electrons. The van der Waals surface area contributed by atoms with Crippen molar-refractivity contribution >= 4 is 27.3 Å². The van der Waals surface area contributed by atoms with Crippen molar-refractivity contribution in [3.05, 3.63) is 20.3 Å². The van der Waals surface area contributed by atoms with Crippen LogP contribution in [0.15, 0.2) is 10.5 Å². The molecule has 1 aromatic rings. The van der Waals surface area contributed by atoms with Gasteiger partial charge in [0.1, 0.15) is 6.04 Å². The summed E-state index contributed by atoms with van der Waals surface area (Å²) in [5.41, 5.74) is 0. The van der Waals surface area contributed by atoms with Gasteiger partial charge in [-0.3, -0.25) is 5.32 Å². The van der Waals surface area contributed by atoms with Gasteiger partial charge < -0.3 is 0 Å². The van der Waals surface area contributed by atoms with Gasteiger partial charge in [-0.05, 0) is 41.8 Å². The molecule has 0 bridgehead atoms. The lowest BCUT2D eigenvalue weighted by molar-refractivity contribution is 0.361. The number of hydrogen-bond acceptors (Lipinski definition) is 3. The highest BCUT2D eigenvalue weighted by Gasteiger charge is 2.20. The minimum atomic E-state index is -0.145. The SMILES string of the molecule is Cc1sc(C(C#N)NC2CCCCC2)cc1Br. The summed E-state index contributed by atoms with van der Waals surface area (Å²) in [5.74, 6) is 0. The lowest BCUT2D eigenvalue weighted by Crippen LogP contribution is -2.33. The van der Waals surface area contributed by atoms with E-state index in [0.717, 1.165) is 9.35 Å². The summed E-state index contributed by atoms with van der Waals surface area (Å²) in [6.45, 7) is 2.08. The van der Waals surface area contributed by atoms with E-state index in [4.69, 9.17) is 0 Å². The second kappa shape index (κ2) is 5.99. The lowest BCUT2D eigenvalue weighted by Gasteiger charge is -2.24. The smallest absolute Gasteiger partial charge is 0.130 e. The standard InChI is InChI=1S/C13H17BrN2S/c1-9-11(14)7-13(17-9)12(8-15)16-10-5-3-2-4-6-10/h7,10,12,16H,2-6H2,1H3. The first-order chi connectivity index (χ1) is 8.20. The van der Waals surface area contributed by atoms with E-state index in [1.54, 1.807) is 11.3 Å². The third-order valence-corrected chi connectivity index (χ3v) is 5.50. The number of thiophene rings is 1. The first-order valence-corrected chi connectivity index (χ1v) is 7.73. The molecule has 1 atom stereocenters. The highest BCUT2D eigenvalue weighted by molar-refractivity contribution is 9.10. The van der Waals surface area contributed by atoms with E-state index in [2.05, 4.69) is 40.3 Å². The summed E-state index contributed by atoms with van der Waals surface area (Å²) in [7, 11) is 0. The van der Waals surface area contributed by atoms with Crippen molar-refractivity contribution < 1.29 is 0 Å². The molecule has 2 nitrogen and oxygen atoms in total. The van der Waals surface area contributed by atoms with Crippen molar-refractivity contribution in [3.8, 4) is 6.07 Å². The van der Waals surface area contributed by atoms with Crippen molar-refractivity contribution in [2.24, 2.45) is 0 Å². The lowest BCUT2D eigenvalue weighted by atomic mass is 9.95. The molecule has 1 unspecified atom stereocenters. The fraction of sp³-hybridized carbons (Fsp3) is 0.615. The van der Waals surface area contributed by atoms with Gasteiger partial charge in [0, 0.05) is 20.3 Å². The van der Waals surface area contributed by atoms with Gasteiger partial charge in [-0.25, -0.2) is 0 Å². The predicted octanol–water partition coefficient (Wildman–Crippen LogP) is 4.31. The Morgan fingerprint density at radius 1 is 1.47 bits per heavy atom. The first kappa shape index (κ1) is 13.1. The van der Waals surface area contributed by atoms with Crippen molar-refractivity contribution in [1.29, 1.82) is 5.26 Å². The molecule has 0 aromatic carbocycles. The minimum Gasteiger partial charge on any atom is -0.295 e.